The summed E-state index contributed by atoms with van der Waals surface area (Å²) in [6.07, 6.45) is 8.11. The average Bonchev–Trinajstić information content (AvgIpc) is 2.46. The number of rotatable bonds is 3. The van der Waals surface area contributed by atoms with Crippen molar-refractivity contribution >= 4 is 0 Å². The van der Waals surface area contributed by atoms with E-state index in [9.17, 15) is 0 Å². The Kier molecular flexibility index (Phi) is 3.51. The normalized spacial score (nSPS) is 21.9. The summed E-state index contributed by atoms with van der Waals surface area (Å²) < 4.78 is 11.1. The Morgan fingerprint density at radius 1 is 1.11 bits per heavy atom. The maximum Gasteiger partial charge on any atom is 0.161 e. The average molecular weight is 245 g/mol. The van der Waals surface area contributed by atoms with Gasteiger partial charge >= 0.3 is 0 Å². The van der Waals surface area contributed by atoms with E-state index < -0.39 is 0 Å². The number of benzene rings is 1. The molecule has 0 radical (unpaired) electrons. The van der Waals surface area contributed by atoms with Gasteiger partial charge in [0.25, 0.3) is 0 Å². The van der Waals surface area contributed by atoms with Gasteiger partial charge in [-0.05, 0) is 37.0 Å². The number of fused-ring (bicyclic) bond motifs is 1. The fraction of sp³-hybridized carbons (Fsp3) is 0.467. The first kappa shape index (κ1) is 11.6. The van der Waals surface area contributed by atoms with E-state index in [1.807, 2.05) is 6.07 Å². The largest absolute Gasteiger partial charge is 0.486 e. The molecule has 18 heavy (non-hydrogen) atoms. The van der Waals surface area contributed by atoms with Gasteiger partial charge in [0.15, 0.2) is 11.5 Å². The second-order valence-corrected chi connectivity index (χ2v) is 4.84. The molecule has 2 aliphatic rings. The zero-order valence-electron chi connectivity index (χ0n) is 10.5. The Hall–Kier alpha value is -1.48. The molecule has 1 unspecified atom stereocenters. The molecule has 0 bridgehead atoms. The van der Waals surface area contributed by atoms with Crippen LogP contribution in [0.1, 0.15) is 24.8 Å². The van der Waals surface area contributed by atoms with Crippen LogP contribution in [0.25, 0.3) is 0 Å². The highest BCUT2D eigenvalue weighted by molar-refractivity contribution is 5.43. The van der Waals surface area contributed by atoms with Crippen molar-refractivity contribution in [3.8, 4) is 11.5 Å². The molecule has 3 rings (SSSR count). The first-order chi connectivity index (χ1) is 8.92. The fourth-order valence-corrected chi connectivity index (χ4v) is 2.44. The second-order valence-electron chi connectivity index (χ2n) is 4.84. The molecule has 96 valence electrons. The maximum atomic E-state index is 5.59. The van der Waals surface area contributed by atoms with Crippen LogP contribution in [0.4, 0.5) is 0 Å². The van der Waals surface area contributed by atoms with Crippen LogP contribution in [-0.2, 0) is 6.54 Å². The molecule has 3 nitrogen and oxygen atoms in total. The van der Waals surface area contributed by atoms with Crippen molar-refractivity contribution in [3.05, 3.63) is 35.9 Å². The zero-order valence-corrected chi connectivity index (χ0v) is 10.5. The third-order valence-electron chi connectivity index (χ3n) is 3.47. The van der Waals surface area contributed by atoms with Gasteiger partial charge in [0, 0.05) is 12.6 Å². The number of hydrogen-bond donors (Lipinski definition) is 1. The summed E-state index contributed by atoms with van der Waals surface area (Å²) in [5, 5.41) is 3.60. The first-order valence-electron chi connectivity index (χ1n) is 6.69. The van der Waals surface area contributed by atoms with E-state index in [2.05, 4.69) is 29.6 Å². The summed E-state index contributed by atoms with van der Waals surface area (Å²) in [6.45, 7) is 2.20. The molecule has 1 atom stereocenters. The number of allylic oxidation sites excluding steroid dienone is 1. The van der Waals surface area contributed by atoms with E-state index in [0.29, 0.717) is 19.3 Å². The third kappa shape index (κ3) is 2.67. The van der Waals surface area contributed by atoms with Crippen LogP contribution in [0.15, 0.2) is 30.4 Å². The van der Waals surface area contributed by atoms with Crippen molar-refractivity contribution < 1.29 is 9.47 Å². The van der Waals surface area contributed by atoms with E-state index in [0.717, 1.165) is 24.5 Å². The monoisotopic (exact) mass is 245 g/mol. The number of ether oxygens (including phenoxy) is 2. The van der Waals surface area contributed by atoms with Gasteiger partial charge in [-0.25, -0.2) is 0 Å². The molecule has 1 aliphatic heterocycles. The second kappa shape index (κ2) is 5.44. The van der Waals surface area contributed by atoms with E-state index in [1.165, 1.54) is 18.4 Å². The summed E-state index contributed by atoms with van der Waals surface area (Å²) in [4.78, 5) is 0. The van der Waals surface area contributed by atoms with E-state index >= 15 is 0 Å². The van der Waals surface area contributed by atoms with Crippen LogP contribution in [-0.4, -0.2) is 19.3 Å². The summed E-state index contributed by atoms with van der Waals surface area (Å²) in [7, 11) is 0. The van der Waals surface area contributed by atoms with Gasteiger partial charge in [-0.3, -0.25) is 0 Å². The topological polar surface area (TPSA) is 30.5 Å². The van der Waals surface area contributed by atoms with Crippen molar-refractivity contribution in [2.75, 3.05) is 13.2 Å². The van der Waals surface area contributed by atoms with Crippen LogP contribution in [0.2, 0.25) is 0 Å². The number of hydrogen-bond acceptors (Lipinski definition) is 3. The molecule has 0 saturated heterocycles. The van der Waals surface area contributed by atoms with E-state index in [-0.39, 0.29) is 0 Å². The summed E-state index contributed by atoms with van der Waals surface area (Å²) in [5.41, 5.74) is 1.26. The predicted octanol–water partition coefficient (Wildman–Crippen LogP) is 2.66. The fourth-order valence-electron chi connectivity index (χ4n) is 2.44. The molecule has 1 aliphatic carbocycles. The minimum Gasteiger partial charge on any atom is -0.486 e. The minimum absolute atomic E-state index is 0.614. The molecule has 0 fully saturated rings. The maximum absolute atomic E-state index is 5.59. The van der Waals surface area contributed by atoms with Crippen LogP contribution >= 0.6 is 0 Å². The lowest BCUT2D eigenvalue weighted by molar-refractivity contribution is 0.171. The zero-order chi connectivity index (χ0) is 12.2. The lowest BCUT2D eigenvalue weighted by Crippen LogP contribution is -2.29. The lowest BCUT2D eigenvalue weighted by atomic mass is 10.0. The molecule has 0 spiro atoms. The van der Waals surface area contributed by atoms with Gasteiger partial charge in [-0.1, -0.05) is 18.2 Å². The Bertz CT molecular complexity index is 442. The van der Waals surface area contributed by atoms with E-state index in [4.69, 9.17) is 9.47 Å². The molecule has 3 heteroatoms. The molecular weight excluding hydrogens is 226 g/mol. The van der Waals surface area contributed by atoms with Crippen molar-refractivity contribution in [2.45, 2.75) is 31.8 Å². The van der Waals surface area contributed by atoms with Crippen LogP contribution in [0.3, 0.4) is 0 Å². The van der Waals surface area contributed by atoms with E-state index in [1.54, 1.807) is 0 Å². The first-order valence-corrected chi connectivity index (χ1v) is 6.69. The van der Waals surface area contributed by atoms with Gasteiger partial charge < -0.3 is 14.8 Å². The standard InChI is InChI=1S/C15H19NO2/c1-2-4-13(5-3-1)16-11-12-6-7-14-15(10-12)18-9-8-17-14/h1-2,6-7,10,13,16H,3-5,8-9,11H2. The quantitative estimate of drug-likeness (QED) is 0.830. The smallest absolute Gasteiger partial charge is 0.161 e. The highest BCUT2D eigenvalue weighted by Gasteiger charge is 2.13. The Morgan fingerprint density at radius 3 is 2.83 bits per heavy atom. The third-order valence-corrected chi connectivity index (χ3v) is 3.47. The van der Waals surface area contributed by atoms with Gasteiger partial charge in [0.05, 0.1) is 0 Å². The Morgan fingerprint density at radius 2 is 2.00 bits per heavy atom. The Balaban J connectivity index is 1.60. The predicted molar refractivity (Wildman–Crippen MR) is 71.1 cm³/mol. The van der Waals surface area contributed by atoms with Gasteiger partial charge in [-0.2, -0.15) is 0 Å². The van der Waals surface area contributed by atoms with Gasteiger partial charge in [0.1, 0.15) is 13.2 Å². The minimum atomic E-state index is 0.614. The van der Waals surface area contributed by atoms with Gasteiger partial charge in [0.2, 0.25) is 0 Å². The molecule has 1 heterocycles. The van der Waals surface area contributed by atoms with Gasteiger partial charge in [-0.15, -0.1) is 0 Å². The Labute approximate surface area is 108 Å². The molecule has 1 aromatic carbocycles. The molecule has 1 aromatic rings. The molecule has 0 saturated carbocycles. The van der Waals surface area contributed by atoms with Crippen LogP contribution in [0.5, 0.6) is 11.5 Å². The van der Waals surface area contributed by atoms with Crippen molar-refractivity contribution in [1.29, 1.82) is 0 Å². The van der Waals surface area contributed by atoms with Crippen LogP contribution in [0, 0.1) is 0 Å². The van der Waals surface area contributed by atoms with Crippen molar-refractivity contribution in [2.24, 2.45) is 0 Å². The number of nitrogens with one attached hydrogen (secondary N) is 1. The summed E-state index contributed by atoms with van der Waals surface area (Å²) >= 11 is 0. The lowest BCUT2D eigenvalue weighted by Gasteiger charge is -2.21. The van der Waals surface area contributed by atoms with Crippen molar-refractivity contribution in [3.63, 3.8) is 0 Å². The molecular formula is C15H19NO2. The van der Waals surface area contributed by atoms with Crippen LogP contribution < -0.4 is 14.8 Å². The summed E-state index contributed by atoms with van der Waals surface area (Å²) in [5.74, 6) is 1.75. The molecule has 1 N–H and O–H groups in total. The SMILES string of the molecule is C1=CCC(NCc2ccc3c(c2)OCCO3)CC1. The van der Waals surface area contributed by atoms with Crippen molar-refractivity contribution in [1.82, 2.24) is 5.32 Å². The summed E-state index contributed by atoms with van der Waals surface area (Å²) in [6, 6.07) is 6.81. The highest BCUT2D eigenvalue weighted by Crippen LogP contribution is 2.30. The molecule has 0 amide bonds. The molecule has 0 aromatic heterocycles. The highest BCUT2D eigenvalue weighted by atomic mass is 16.6.